The minimum absolute atomic E-state index is 0.179. The van der Waals surface area contributed by atoms with Gasteiger partial charge in [-0.2, -0.15) is 0 Å². The molecule has 0 bridgehead atoms. The van der Waals surface area contributed by atoms with Gasteiger partial charge in [-0.3, -0.25) is 4.79 Å². The summed E-state index contributed by atoms with van der Waals surface area (Å²) in [6.07, 6.45) is 23.8. The van der Waals surface area contributed by atoms with E-state index in [9.17, 15) is 4.79 Å². The van der Waals surface area contributed by atoms with E-state index < -0.39 is 5.97 Å². The summed E-state index contributed by atoms with van der Waals surface area (Å²) in [5, 5.41) is 8.80. The number of unbranched alkanes of at least 4 members (excludes halogenated alkanes) is 12. The van der Waals surface area contributed by atoms with Crippen molar-refractivity contribution in [2.45, 2.75) is 110 Å². The van der Waals surface area contributed by atoms with Crippen LogP contribution in [0.2, 0.25) is 0 Å². The van der Waals surface area contributed by atoms with E-state index in [0.717, 1.165) is 12.8 Å². The number of rotatable bonds is 17. The van der Waals surface area contributed by atoms with Gasteiger partial charge in [0.2, 0.25) is 0 Å². The molecule has 2 nitrogen and oxygen atoms in total. The van der Waals surface area contributed by atoms with E-state index in [2.05, 4.69) is 19.1 Å². The Morgan fingerprint density at radius 1 is 0.783 bits per heavy atom. The van der Waals surface area contributed by atoms with Crippen LogP contribution in [0.15, 0.2) is 12.2 Å². The molecule has 0 rings (SSSR count). The quantitative estimate of drug-likeness (QED) is 0.228. The number of carboxylic acids is 1. The van der Waals surface area contributed by atoms with Crippen LogP contribution in [0.5, 0.6) is 0 Å². The number of hydrogen-bond donors (Lipinski definition) is 1. The second-order valence-corrected chi connectivity index (χ2v) is 6.97. The topological polar surface area (TPSA) is 37.3 Å². The van der Waals surface area contributed by atoms with E-state index in [1.165, 1.54) is 83.5 Å². The van der Waals surface area contributed by atoms with Crippen LogP contribution in [0.1, 0.15) is 110 Å². The van der Waals surface area contributed by atoms with Gasteiger partial charge in [0, 0.05) is 0 Å². The molecular weight excluding hydrogens is 284 g/mol. The van der Waals surface area contributed by atoms with Crippen molar-refractivity contribution in [3.8, 4) is 0 Å². The van der Waals surface area contributed by atoms with Crippen LogP contribution in [0.25, 0.3) is 0 Å². The summed E-state index contributed by atoms with van der Waals surface area (Å²) < 4.78 is 0. The van der Waals surface area contributed by atoms with Crippen molar-refractivity contribution in [2.24, 2.45) is 5.92 Å². The normalized spacial score (nSPS) is 12.8. The Hall–Kier alpha value is -0.790. The summed E-state index contributed by atoms with van der Waals surface area (Å²) in [5.74, 6) is -0.838. The van der Waals surface area contributed by atoms with Crippen LogP contribution in [-0.2, 0) is 4.79 Å². The third-order valence-electron chi connectivity index (χ3n) is 4.57. The fourth-order valence-corrected chi connectivity index (χ4v) is 2.82. The van der Waals surface area contributed by atoms with Crippen LogP contribution in [-0.4, -0.2) is 11.1 Å². The average molecular weight is 325 g/mol. The Bertz CT molecular complexity index is 284. The Morgan fingerprint density at radius 2 is 1.22 bits per heavy atom. The van der Waals surface area contributed by atoms with Crippen molar-refractivity contribution >= 4 is 5.97 Å². The Labute approximate surface area is 144 Å². The number of aliphatic carboxylic acids is 1. The van der Waals surface area contributed by atoms with Crippen LogP contribution in [0, 0.1) is 5.92 Å². The Morgan fingerprint density at radius 3 is 1.70 bits per heavy atom. The van der Waals surface area contributed by atoms with Crippen molar-refractivity contribution in [2.75, 3.05) is 0 Å². The summed E-state index contributed by atoms with van der Waals surface area (Å²) in [6.45, 7) is 4.07. The molecule has 0 saturated carbocycles. The highest BCUT2D eigenvalue weighted by molar-refractivity contribution is 5.69. The van der Waals surface area contributed by atoms with E-state index in [0.29, 0.717) is 0 Å². The lowest BCUT2D eigenvalue weighted by Gasteiger charge is -2.04. The highest BCUT2D eigenvalue weighted by Gasteiger charge is 2.09. The maximum absolute atomic E-state index is 10.7. The van der Waals surface area contributed by atoms with Gasteiger partial charge in [0.15, 0.2) is 0 Å². The van der Waals surface area contributed by atoms with E-state index in [1.54, 1.807) is 6.92 Å². The first-order valence-corrected chi connectivity index (χ1v) is 10.1. The molecule has 0 aromatic heterocycles. The summed E-state index contributed by atoms with van der Waals surface area (Å²) in [6, 6.07) is 0. The molecule has 0 aromatic carbocycles. The third kappa shape index (κ3) is 17.4. The first-order valence-electron chi connectivity index (χ1n) is 10.1. The standard InChI is InChI=1S/C21H40O2/c1-3-4-5-6-7-8-9-10-11-12-13-14-15-16-17-18-19-20(2)21(22)23/h12-13,20H,3-11,14-19H2,1-2H3,(H,22,23). The summed E-state index contributed by atoms with van der Waals surface area (Å²) in [4.78, 5) is 10.7. The zero-order valence-electron chi connectivity index (χ0n) is 15.7. The predicted octanol–water partition coefficient (Wildman–Crippen LogP) is 7.13. The fraction of sp³-hybridized carbons (Fsp3) is 0.857. The smallest absolute Gasteiger partial charge is 0.306 e. The average Bonchev–Trinajstić information content (AvgIpc) is 2.54. The lowest BCUT2D eigenvalue weighted by molar-refractivity contribution is -0.141. The largest absolute Gasteiger partial charge is 0.481 e. The van der Waals surface area contributed by atoms with Gasteiger partial charge in [0.1, 0.15) is 0 Å². The fourth-order valence-electron chi connectivity index (χ4n) is 2.82. The van der Waals surface area contributed by atoms with E-state index in [4.69, 9.17) is 5.11 Å². The molecule has 0 spiro atoms. The summed E-state index contributed by atoms with van der Waals surface area (Å²) in [7, 11) is 0. The molecule has 0 fully saturated rings. The molecule has 1 N–H and O–H groups in total. The second kappa shape index (κ2) is 17.6. The number of carboxylic acid groups (broad SMARTS) is 1. The molecule has 0 saturated heterocycles. The molecular formula is C21H40O2. The van der Waals surface area contributed by atoms with Crippen molar-refractivity contribution in [3.63, 3.8) is 0 Å². The van der Waals surface area contributed by atoms with Crippen LogP contribution in [0.3, 0.4) is 0 Å². The maximum atomic E-state index is 10.7. The Kier molecular flexibility index (Phi) is 17.0. The predicted molar refractivity (Wildman–Crippen MR) is 101 cm³/mol. The van der Waals surface area contributed by atoms with Gasteiger partial charge in [0.25, 0.3) is 0 Å². The zero-order valence-corrected chi connectivity index (χ0v) is 15.7. The van der Waals surface area contributed by atoms with Crippen LogP contribution < -0.4 is 0 Å². The van der Waals surface area contributed by atoms with E-state index in [-0.39, 0.29) is 5.92 Å². The summed E-state index contributed by atoms with van der Waals surface area (Å²) in [5.41, 5.74) is 0. The molecule has 0 aliphatic rings. The molecule has 1 unspecified atom stereocenters. The summed E-state index contributed by atoms with van der Waals surface area (Å²) >= 11 is 0. The van der Waals surface area contributed by atoms with Gasteiger partial charge < -0.3 is 5.11 Å². The minimum atomic E-state index is -0.658. The number of allylic oxidation sites excluding steroid dienone is 2. The molecule has 0 radical (unpaired) electrons. The van der Waals surface area contributed by atoms with Gasteiger partial charge >= 0.3 is 5.97 Å². The van der Waals surface area contributed by atoms with E-state index >= 15 is 0 Å². The van der Waals surface area contributed by atoms with Gasteiger partial charge in [-0.05, 0) is 32.1 Å². The molecule has 136 valence electrons. The van der Waals surface area contributed by atoms with E-state index in [1.807, 2.05) is 0 Å². The molecule has 1 atom stereocenters. The lowest BCUT2D eigenvalue weighted by Crippen LogP contribution is -2.08. The zero-order chi connectivity index (χ0) is 17.2. The molecule has 23 heavy (non-hydrogen) atoms. The van der Waals surface area contributed by atoms with Crippen molar-refractivity contribution in [1.82, 2.24) is 0 Å². The van der Waals surface area contributed by atoms with Crippen molar-refractivity contribution in [3.05, 3.63) is 12.2 Å². The molecule has 0 heterocycles. The second-order valence-electron chi connectivity index (χ2n) is 6.97. The Balaban J connectivity index is 3.16. The van der Waals surface area contributed by atoms with Gasteiger partial charge in [-0.1, -0.05) is 90.2 Å². The third-order valence-corrected chi connectivity index (χ3v) is 4.57. The maximum Gasteiger partial charge on any atom is 0.306 e. The van der Waals surface area contributed by atoms with Gasteiger partial charge in [-0.15, -0.1) is 0 Å². The SMILES string of the molecule is CCCCCCCCCCC=CCCCCCCC(C)C(=O)O. The number of hydrogen-bond acceptors (Lipinski definition) is 1. The van der Waals surface area contributed by atoms with Crippen LogP contribution in [0.4, 0.5) is 0 Å². The highest BCUT2D eigenvalue weighted by atomic mass is 16.4. The minimum Gasteiger partial charge on any atom is -0.481 e. The molecule has 0 aliphatic heterocycles. The molecule has 0 amide bonds. The van der Waals surface area contributed by atoms with Crippen molar-refractivity contribution < 1.29 is 9.90 Å². The monoisotopic (exact) mass is 324 g/mol. The molecule has 0 aromatic rings. The number of carbonyl (C=O) groups is 1. The lowest BCUT2D eigenvalue weighted by atomic mass is 10.0. The van der Waals surface area contributed by atoms with Crippen molar-refractivity contribution in [1.29, 1.82) is 0 Å². The van der Waals surface area contributed by atoms with Gasteiger partial charge in [0.05, 0.1) is 5.92 Å². The highest BCUT2D eigenvalue weighted by Crippen LogP contribution is 2.12. The molecule has 2 heteroatoms. The van der Waals surface area contributed by atoms with Gasteiger partial charge in [-0.25, -0.2) is 0 Å². The van der Waals surface area contributed by atoms with Crippen LogP contribution >= 0.6 is 0 Å². The first kappa shape index (κ1) is 22.2. The first-order chi connectivity index (χ1) is 11.2. The molecule has 0 aliphatic carbocycles.